The van der Waals surface area contributed by atoms with E-state index < -0.39 is 0 Å². The Hall–Kier alpha value is -1.94. The number of hydrogen-bond acceptors (Lipinski definition) is 3. The molecule has 0 unspecified atom stereocenters. The van der Waals surface area contributed by atoms with E-state index in [2.05, 4.69) is 21.8 Å². The van der Waals surface area contributed by atoms with Crippen molar-refractivity contribution in [2.45, 2.75) is 19.3 Å². The Balaban J connectivity index is 1.58. The number of carbonyl (C=O) groups is 1. The molecule has 120 valence electrons. The molecule has 0 aliphatic carbocycles. The summed E-state index contributed by atoms with van der Waals surface area (Å²) in [6.07, 6.45) is 7.12. The van der Waals surface area contributed by atoms with Crippen molar-refractivity contribution in [2.24, 2.45) is 5.41 Å². The lowest BCUT2D eigenvalue weighted by molar-refractivity contribution is 0.0738. The van der Waals surface area contributed by atoms with Gasteiger partial charge in [-0.3, -0.25) is 9.78 Å². The summed E-state index contributed by atoms with van der Waals surface area (Å²) in [5, 5.41) is 2.04. The zero-order valence-electron chi connectivity index (χ0n) is 13.7. The van der Waals surface area contributed by atoms with Crippen LogP contribution in [-0.4, -0.2) is 53.9 Å². The molecule has 0 N–H and O–H groups in total. The minimum absolute atomic E-state index is 0.144. The highest BCUT2D eigenvalue weighted by Gasteiger charge is 2.41. The lowest BCUT2D eigenvalue weighted by atomic mass is 9.78. The van der Waals surface area contributed by atoms with Gasteiger partial charge < -0.3 is 9.80 Å². The van der Waals surface area contributed by atoms with Gasteiger partial charge in [0.25, 0.3) is 5.91 Å². The first kappa shape index (κ1) is 14.6. The van der Waals surface area contributed by atoms with E-state index in [1.165, 1.54) is 12.8 Å². The Morgan fingerprint density at radius 3 is 2.65 bits per heavy atom. The molecule has 4 heteroatoms. The molecule has 1 aromatic heterocycles. The standard InChI is InChI=1S/C19H23N3O/c1-21-9-6-19(7-10-21)8-11-22(14-19)18(23)17-13-20-12-15-4-2-3-5-16(15)17/h2-5,12-13H,6-11,14H2,1H3. The van der Waals surface area contributed by atoms with Crippen LogP contribution in [0.3, 0.4) is 0 Å². The Labute approximate surface area is 137 Å². The van der Waals surface area contributed by atoms with E-state index >= 15 is 0 Å². The molecule has 1 spiro atoms. The molecule has 0 radical (unpaired) electrons. The van der Waals surface area contributed by atoms with Crippen molar-refractivity contribution in [3.8, 4) is 0 Å². The summed E-state index contributed by atoms with van der Waals surface area (Å²) in [7, 11) is 2.19. The number of benzene rings is 1. The SMILES string of the molecule is CN1CCC2(CC1)CCN(C(=O)c1cncc3ccccc13)C2. The molecule has 4 nitrogen and oxygen atoms in total. The topological polar surface area (TPSA) is 36.4 Å². The molecule has 0 saturated carbocycles. The molecule has 2 aromatic rings. The molecule has 2 fully saturated rings. The van der Waals surface area contributed by atoms with Crippen LogP contribution in [0, 0.1) is 5.41 Å². The second-order valence-electron chi connectivity index (χ2n) is 7.19. The van der Waals surface area contributed by atoms with Crippen molar-refractivity contribution in [3.05, 3.63) is 42.2 Å². The Morgan fingerprint density at radius 2 is 1.83 bits per heavy atom. The number of likely N-dealkylation sites (tertiary alicyclic amines) is 2. The van der Waals surface area contributed by atoms with Gasteiger partial charge in [0.05, 0.1) is 5.56 Å². The Bertz CT molecular complexity index is 729. The zero-order chi connectivity index (χ0) is 15.9. The number of nitrogens with zero attached hydrogens (tertiary/aromatic N) is 3. The molecule has 0 atom stereocenters. The first-order chi connectivity index (χ1) is 11.2. The molecule has 3 heterocycles. The summed E-state index contributed by atoms with van der Waals surface area (Å²) >= 11 is 0. The third-order valence-electron chi connectivity index (χ3n) is 5.67. The summed E-state index contributed by atoms with van der Waals surface area (Å²) in [4.78, 5) is 21.7. The van der Waals surface area contributed by atoms with Crippen LogP contribution in [0.25, 0.3) is 10.8 Å². The van der Waals surface area contributed by atoms with Crippen molar-refractivity contribution in [1.82, 2.24) is 14.8 Å². The van der Waals surface area contributed by atoms with Crippen molar-refractivity contribution < 1.29 is 4.79 Å². The van der Waals surface area contributed by atoms with E-state index in [4.69, 9.17) is 0 Å². The van der Waals surface area contributed by atoms with Gasteiger partial charge in [0.1, 0.15) is 0 Å². The van der Waals surface area contributed by atoms with E-state index in [-0.39, 0.29) is 5.91 Å². The zero-order valence-corrected chi connectivity index (χ0v) is 13.7. The summed E-state index contributed by atoms with van der Waals surface area (Å²) in [5.41, 5.74) is 1.09. The average molecular weight is 309 g/mol. The number of amides is 1. The number of fused-ring (bicyclic) bond motifs is 1. The van der Waals surface area contributed by atoms with Crippen molar-refractivity contribution in [2.75, 3.05) is 33.2 Å². The fourth-order valence-corrected chi connectivity index (χ4v) is 4.07. The summed E-state index contributed by atoms with van der Waals surface area (Å²) in [6, 6.07) is 8.01. The molecule has 0 bridgehead atoms. The molecule has 23 heavy (non-hydrogen) atoms. The van der Waals surface area contributed by atoms with E-state index in [9.17, 15) is 4.79 Å². The van der Waals surface area contributed by atoms with Crippen LogP contribution in [0.5, 0.6) is 0 Å². The first-order valence-electron chi connectivity index (χ1n) is 8.48. The summed E-state index contributed by atoms with van der Waals surface area (Å²) < 4.78 is 0. The lowest BCUT2D eigenvalue weighted by Gasteiger charge is -2.37. The average Bonchev–Trinajstić information content (AvgIpc) is 3.01. The van der Waals surface area contributed by atoms with E-state index in [1.807, 2.05) is 30.5 Å². The number of piperidine rings is 1. The molecule has 2 aliphatic heterocycles. The van der Waals surface area contributed by atoms with Crippen LogP contribution in [0.15, 0.2) is 36.7 Å². The van der Waals surface area contributed by atoms with Gasteiger partial charge in [0.15, 0.2) is 0 Å². The highest BCUT2D eigenvalue weighted by Crippen LogP contribution is 2.40. The monoisotopic (exact) mass is 309 g/mol. The van der Waals surface area contributed by atoms with Crippen LogP contribution >= 0.6 is 0 Å². The number of aromatic nitrogens is 1. The van der Waals surface area contributed by atoms with Gasteiger partial charge in [-0.15, -0.1) is 0 Å². The number of pyridine rings is 1. The molecule has 2 aliphatic rings. The second-order valence-corrected chi connectivity index (χ2v) is 7.19. The maximum atomic E-state index is 13.0. The minimum Gasteiger partial charge on any atom is -0.338 e. The maximum Gasteiger partial charge on any atom is 0.256 e. The molecule has 1 amide bonds. The summed E-state index contributed by atoms with van der Waals surface area (Å²) in [5.74, 6) is 0.144. The highest BCUT2D eigenvalue weighted by atomic mass is 16.2. The van der Waals surface area contributed by atoms with Gasteiger partial charge in [0.2, 0.25) is 0 Å². The molecule has 1 aromatic carbocycles. The molecule has 2 saturated heterocycles. The van der Waals surface area contributed by atoms with Crippen LogP contribution in [0.1, 0.15) is 29.6 Å². The first-order valence-corrected chi connectivity index (χ1v) is 8.48. The van der Waals surface area contributed by atoms with Crippen LogP contribution < -0.4 is 0 Å². The lowest BCUT2D eigenvalue weighted by Crippen LogP contribution is -2.40. The van der Waals surface area contributed by atoms with Gasteiger partial charge in [-0.2, -0.15) is 0 Å². The van der Waals surface area contributed by atoms with Crippen LogP contribution in [-0.2, 0) is 0 Å². The second kappa shape index (κ2) is 5.60. The molecular weight excluding hydrogens is 286 g/mol. The van der Waals surface area contributed by atoms with Gasteiger partial charge in [-0.05, 0) is 50.2 Å². The maximum absolute atomic E-state index is 13.0. The van der Waals surface area contributed by atoms with Gasteiger partial charge >= 0.3 is 0 Å². The van der Waals surface area contributed by atoms with E-state index in [1.54, 1.807) is 6.20 Å². The largest absolute Gasteiger partial charge is 0.338 e. The smallest absolute Gasteiger partial charge is 0.256 e. The third-order valence-corrected chi connectivity index (χ3v) is 5.67. The van der Waals surface area contributed by atoms with E-state index in [0.717, 1.165) is 48.9 Å². The van der Waals surface area contributed by atoms with Crippen LogP contribution in [0.2, 0.25) is 0 Å². The number of hydrogen-bond donors (Lipinski definition) is 0. The van der Waals surface area contributed by atoms with Gasteiger partial charge in [-0.25, -0.2) is 0 Å². The number of rotatable bonds is 1. The van der Waals surface area contributed by atoms with E-state index in [0.29, 0.717) is 5.41 Å². The Morgan fingerprint density at radius 1 is 1.09 bits per heavy atom. The van der Waals surface area contributed by atoms with Crippen molar-refractivity contribution in [3.63, 3.8) is 0 Å². The van der Waals surface area contributed by atoms with Crippen molar-refractivity contribution >= 4 is 16.7 Å². The van der Waals surface area contributed by atoms with Crippen LogP contribution in [0.4, 0.5) is 0 Å². The van der Waals surface area contributed by atoms with Crippen molar-refractivity contribution in [1.29, 1.82) is 0 Å². The third kappa shape index (κ3) is 2.61. The molecule has 4 rings (SSSR count). The summed E-state index contributed by atoms with van der Waals surface area (Å²) in [6.45, 7) is 4.09. The fourth-order valence-electron chi connectivity index (χ4n) is 4.07. The molecular formula is C19H23N3O. The number of carbonyl (C=O) groups excluding carboxylic acids is 1. The predicted molar refractivity (Wildman–Crippen MR) is 91.4 cm³/mol. The Kier molecular flexibility index (Phi) is 3.57. The quantitative estimate of drug-likeness (QED) is 0.813. The normalized spacial score (nSPS) is 21.2. The highest BCUT2D eigenvalue weighted by molar-refractivity contribution is 6.06. The van der Waals surface area contributed by atoms with Gasteiger partial charge in [-0.1, -0.05) is 24.3 Å². The fraction of sp³-hybridized carbons (Fsp3) is 0.474. The van der Waals surface area contributed by atoms with Gasteiger partial charge in [0, 0.05) is 30.9 Å². The minimum atomic E-state index is 0.144. The predicted octanol–water partition coefficient (Wildman–Crippen LogP) is 2.79.